The van der Waals surface area contributed by atoms with E-state index in [9.17, 15) is 9.59 Å². The quantitative estimate of drug-likeness (QED) is 0.593. The van der Waals surface area contributed by atoms with Crippen molar-refractivity contribution in [2.45, 2.75) is 52.1 Å². The Morgan fingerprint density at radius 1 is 0.625 bits per heavy atom. The maximum absolute atomic E-state index is 10.2. The summed E-state index contributed by atoms with van der Waals surface area (Å²) in [5.74, 6) is 0. The molecule has 0 radical (unpaired) electrons. The van der Waals surface area contributed by atoms with Gasteiger partial charge in [0.1, 0.15) is 24.4 Å². The fourth-order valence-electron chi connectivity index (χ4n) is 1.05. The van der Waals surface area contributed by atoms with Crippen molar-refractivity contribution in [2.24, 2.45) is 0 Å². The van der Waals surface area contributed by atoms with E-state index in [2.05, 4.69) is 18.9 Å². The third-order valence-electron chi connectivity index (χ3n) is 2.45. The Bertz CT molecular complexity index is 224. The second-order valence-corrected chi connectivity index (χ2v) is 3.79. The van der Waals surface area contributed by atoms with Crippen LogP contribution in [0.25, 0.3) is 0 Å². The van der Waals surface area contributed by atoms with Crippen LogP contribution >= 0.6 is 0 Å². The van der Waals surface area contributed by atoms with Crippen LogP contribution in [0.2, 0.25) is 0 Å². The summed E-state index contributed by atoms with van der Waals surface area (Å²) in [5, 5.41) is 0. The average molecular weight is 232 g/mol. The van der Waals surface area contributed by atoms with Gasteiger partial charge in [-0.15, -0.1) is 0 Å². The van der Waals surface area contributed by atoms with Gasteiger partial charge in [-0.2, -0.15) is 0 Å². The number of hydrogen-bond acceptors (Lipinski definition) is 6. The van der Waals surface area contributed by atoms with Crippen LogP contribution in [0.3, 0.4) is 0 Å². The first-order chi connectivity index (χ1) is 7.40. The number of ether oxygens (including phenoxy) is 4. The molecule has 6 heteroatoms. The lowest BCUT2D eigenvalue weighted by Crippen LogP contribution is -2.13. The van der Waals surface area contributed by atoms with Crippen molar-refractivity contribution in [1.29, 1.82) is 0 Å². The van der Waals surface area contributed by atoms with Crippen LogP contribution in [-0.2, 0) is 18.9 Å². The Balaban J connectivity index is 0.000000160. The van der Waals surface area contributed by atoms with Crippen LogP contribution in [-0.4, -0.2) is 36.7 Å². The van der Waals surface area contributed by atoms with Gasteiger partial charge in [-0.3, -0.25) is 0 Å². The summed E-state index contributed by atoms with van der Waals surface area (Å²) >= 11 is 0. The molecule has 2 aliphatic rings. The molecule has 2 rings (SSSR count). The van der Waals surface area contributed by atoms with Gasteiger partial charge in [-0.05, 0) is 27.7 Å². The van der Waals surface area contributed by atoms with Gasteiger partial charge < -0.3 is 18.9 Å². The fraction of sp³-hybridized carbons (Fsp3) is 0.800. The Kier molecular flexibility index (Phi) is 3.98. The largest absolute Gasteiger partial charge is 0.509 e. The molecular formula is C10H16O6. The lowest BCUT2D eigenvalue weighted by Gasteiger charge is -2.00. The van der Waals surface area contributed by atoms with E-state index >= 15 is 0 Å². The van der Waals surface area contributed by atoms with Crippen molar-refractivity contribution in [3.63, 3.8) is 0 Å². The molecule has 2 aliphatic heterocycles. The molecule has 2 heterocycles. The smallest absolute Gasteiger partial charge is 0.427 e. The number of carbonyl (C=O) groups excluding carboxylic acids is 2. The van der Waals surface area contributed by atoms with Crippen LogP contribution in [0.1, 0.15) is 27.7 Å². The number of carbonyl (C=O) groups is 2. The molecule has 0 aliphatic carbocycles. The highest BCUT2D eigenvalue weighted by Crippen LogP contribution is 2.13. The molecule has 4 unspecified atom stereocenters. The summed E-state index contributed by atoms with van der Waals surface area (Å²) < 4.78 is 18.4. The maximum atomic E-state index is 10.2. The zero-order valence-electron chi connectivity index (χ0n) is 9.76. The van der Waals surface area contributed by atoms with E-state index in [1.165, 1.54) is 0 Å². The molecule has 0 amide bonds. The molecule has 6 nitrogen and oxygen atoms in total. The highest BCUT2D eigenvalue weighted by molar-refractivity contribution is 5.62. The van der Waals surface area contributed by atoms with E-state index in [0.717, 1.165) is 0 Å². The first-order valence-corrected chi connectivity index (χ1v) is 5.14. The van der Waals surface area contributed by atoms with E-state index in [-0.39, 0.29) is 24.4 Å². The molecular weight excluding hydrogens is 216 g/mol. The van der Waals surface area contributed by atoms with Crippen molar-refractivity contribution in [1.82, 2.24) is 0 Å². The number of rotatable bonds is 0. The number of hydrogen-bond donors (Lipinski definition) is 0. The highest BCUT2D eigenvalue weighted by Gasteiger charge is 2.29. The van der Waals surface area contributed by atoms with Crippen LogP contribution in [0.4, 0.5) is 9.59 Å². The zero-order chi connectivity index (χ0) is 12.3. The molecule has 0 aromatic carbocycles. The van der Waals surface area contributed by atoms with Crippen molar-refractivity contribution in [2.75, 3.05) is 0 Å². The summed E-state index contributed by atoms with van der Waals surface area (Å²) in [6, 6.07) is 0. The molecule has 0 N–H and O–H groups in total. The monoisotopic (exact) mass is 232 g/mol. The van der Waals surface area contributed by atoms with E-state index < -0.39 is 12.3 Å². The summed E-state index contributed by atoms with van der Waals surface area (Å²) in [7, 11) is 0. The van der Waals surface area contributed by atoms with Crippen molar-refractivity contribution in [3.05, 3.63) is 0 Å². The second kappa shape index (κ2) is 5.05. The minimum Gasteiger partial charge on any atom is -0.427 e. The highest BCUT2D eigenvalue weighted by atomic mass is 16.8. The van der Waals surface area contributed by atoms with E-state index in [0.29, 0.717) is 0 Å². The topological polar surface area (TPSA) is 71.1 Å². The molecule has 4 atom stereocenters. The molecule has 2 saturated heterocycles. The third-order valence-corrected chi connectivity index (χ3v) is 2.45. The summed E-state index contributed by atoms with van der Waals surface area (Å²) in [6.07, 6.45) is -1.43. The predicted molar refractivity (Wildman–Crippen MR) is 53.0 cm³/mol. The molecule has 0 aromatic heterocycles. The van der Waals surface area contributed by atoms with E-state index in [1.807, 2.05) is 0 Å². The van der Waals surface area contributed by atoms with E-state index in [4.69, 9.17) is 0 Å². The van der Waals surface area contributed by atoms with Gasteiger partial charge >= 0.3 is 12.3 Å². The molecule has 16 heavy (non-hydrogen) atoms. The van der Waals surface area contributed by atoms with Crippen LogP contribution < -0.4 is 0 Å². The first kappa shape index (κ1) is 12.6. The summed E-state index contributed by atoms with van der Waals surface area (Å²) in [5.41, 5.74) is 0. The van der Waals surface area contributed by atoms with Crippen LogP contribution in [0.5, 0.6) is 0 Å². The van der Waals surface area contributed by atoms with Crippen LogP contribution in [0.15, 0.2) is 0 Å². The molecule has 2 fully saturated rings. The van der Waals surface area contributed by atoms with Gasteiger partial charge in [0.2, 0.25) is 0 Å². The average Bonchev–Trinajstić information content (AvgIpc) is 2.58. The zero-order valence-corrected chi connectivity index (χ0v) is 9.76. The molecule has 92 valence electrons. The fourth-order valence-corrected chi connectivity index (χ4v) is 1.05. The normalized spacial score (nSPS) is 36.5. The van der Waals surface area contributed by atoms with Gasteiger partial charge in [-0.25, -0.2) is 9.59 Å². The van der Waals surface area contributed by atoms with E-state index in [1.54, 1.807) is 27.7 Å². The molecule has 0 spiro atoms. The third kappa shape index (κ3) is 3.29. The van der Waals surface area contributed by atoms with Crippen molar-refractivity contribution >= 4 is 12.3 Å². The van der Waals surface area contributed by atoms with Crippen molar-refractivity contribution < 1.29 is 28.5 Å². The van der Waals surface area contributed by atoms with Gasteiger partial charge in [0.15, 0.2) is 0 Å². The lowest BCUT2D eigenvalue weighted by molar-refractivity contribution is 0.117. The second-order valence-electron chi connectivity index (χ2n) is 3.79. The summed E-state index contributed by atoms with van der Waals surface area (Å²) in [6.45, 7) is 7.20. The Morgan fingerprint density at radius 3 is 0.875 bits per heavy atom. The van der Waals surface area contributed by atoms with Gasteiger partial charge in [0.05, 0.1) is 0 Å². The maximum Gasteiger partial charge on any atom is 0.509 e. The molecule has 0 saturated carbocycles. The molecule has 0 aromatic rings. The van der Waals surface area contributed by atoms with Gasteiger partial charge in [0, 0.05) is 0 Å². The molecule has 0 bridgehead atoms. The standard InChI is InChI=1S/2C5H8O3/c2*1-3-4(2)8-5(6)7-3/h2*3-4H,1-2H3. The first-order valence-electron chi connectivity index (χ1n) is 5.14. The van der Waals surface area contributed by atoms with Gasteiger partial charge in [-0.1, -0.05) is 0 Å². The Morgan fingerprint density at radius 2 is 0.812 bits per heavy atom. The minimum absolute atomic E-state index is 0.0810. The summed E-state index contributed by atoms with van der Waals surface area (Å²) in [4.78, 5) is 20.4. The van der Waals surface area contributed by atoms with Gasteiger partial charge in [0.25, 0.3) is 0 Å². The van der Waals surface area contributed by atoms with Crippen LogP contribution in [0, 0.1) is 0 Å². The SMILES string of the molecule is CC1OC(=O)OC1C.CC1OC(=O)OC1C. The van der Waals surface area contributed by atoms with Crippen molar-refractivity contribution in [3.8, 4) is 0 Å². The number of cyclic esters (lactones) is 4. The predicted octanol–water partition coefficient (Wildman–Crippen LogP) is 1.86. The Labute approximate surface area is 93.8 Å². The Hall–Kier alpha value is -1.46. The minimum atomic E-state index is -0.551. The lowest BCUT2D eigenvalue weighted by atomic mass is 10.3.